The highest BCUT2D eigenvalue weighted by atomic mass is 16.5. The molecule has 1 aromatic rings. The van der Waals surface area contributed by atoms with Gasteiger partial charge < -0.3 is 15.0 Å². The molecule has 0 aromatic heterocycles. The maximum Gasteiger partial charge on any atom is 0.409 e. The van der Waals surface area contributed by atoms with Gasteiger partial charge in [-0.3, -0.25) is 9.59 Å². The first kappa shape index (κ1) is 16.0. The Morgan fingerprint density at radius 3 is 2.23 bits per heavy atom. The van der Waals surface area contributed by atoms with Gasteiger partial charge in [0.1, 0.15) is 0 Å². The number of anilines is 1. The van der Waals surface area contributed by atoms with Crippen molar-refractivity contribution in [2.45, 2.75) is 19.8 Å². The van der Waals surface area contributed by atoms with Gasteiger partial charge in [-0.1, -0.05) is 0 Å². The van der Waals surface area contributed by atoms with E-state index in [9.17, 15) is 14.4 Å². The quantitative estimate of drug-likeness (QED) is 0.869. The lowest BCUT2D eigenvalue weighted by atomic mass is 9.96. The second-order valence-corrected chi connectivity index (χ2v) is 5.35. The van der Waals surface area contributed by atoms with Crippen LogP contribution in [0.3, 0.4) is 0 Å². The SMILES string of the molecule is COC(=O)N1CCC(C(=O)Nc2ccc(C(C)=O)cc2)CC1. The Balaban J connectivity index is 1.88. The van der Waals surface area contributed by atoms with E-state index in [1.165, 1.54) is 14.0 Å². The van der Waals surface area contributed by atoms with Crippen LogP contribution in [-0.2, 0) is 9.53 Å². The number of piperidine rings is 1. The zero-order valence-electron chi connectivity index (χ0n) is 12.8. The molecule has 0 unspecified atom stereocenters. The van der Waals surface area contributed by atoms with Crippen LogP contribution in [0, 0.1) is 5.92 Å². The fraction of sp³-hybridized carbons (Fsp3) is 0.438. The van der Waals surface area contributed by atoms with Gasteiger partial charge in [0.05, 0.1) is 7.11 Å². The molecule has 1 aliphatic rings. The molecule has 0 aliphatic carbocycles. The van der Waals surface area contributed by atoms with Crippen LogP contribution < -0.4 is 5.32 Å². The minimum atomic E-state index is -0.348. The molecule has 6 nitrogen and oxygen atoms in total. The van der Waals surface area contributed by atoms with Crippen LogP contribution in [0.15, 0.2) is 24.3 Å². The molecule has 6 heteroatoms. The number of likely N-dealkylation sites (tertiary alicyclic amines) is 1. The Bertz CT molecular complexity index is 560. The van der Waals surface area contributed by atoms with Gasteiger partial charge in [0, 0.05) is 30.3 Å². The molecule has 118 valence electrons. The second-order valence-electron chi connectivity index (χ2n) is 5.35. The normalized spacial score (nSPS) is 15.3. The summed E-state index contributed by atoms with van der Waals surface area (Å²) in [6.45, 7) is 2.55. The molecule has 1 N–H and O–H groups in total. The number of nitrogens with zero attached hydrogens (tertiary/aromatic N) is 1. The number of amides is 2. The molecule has 1 heterocycles. The van der Waals surface area contributed by atoms with Crippen molar-refractivity contribution in [2.24, 2.45) is 5.92 Å². The van der Waals surface area contributed by atoms with E-state index >= 15 is 0 Å². The largest absolute Gasteiger partial charge is 0.453 e. The highest BCUT2D eigenvalue weighted by molar-refractivity contribution is 5.96. The van der Waals surface area contributed by atoms with Crippen molar-refractivity contribution in [3.63, 3.8) is 0 Å². The van der Waals surface area contributed by atoms with Crippen molar-refractivity contribution in [2.75, 3.05) is 25.5 Å². The maximum absolute atomic E-state index is 12.2. The minimum Gasteiger partial charge on any atom is -0.453 e. The van der Waals surface area contributed by atoms with Gasteiger partial charge in [0.2, 0.25) is 5.91 Å². The molecular formula is C16H20N2O4. The molecule has 2 rings (SSSR count). The van der Waals surface area contributed by atoms with Crippen LogP contribution in [-0.4, -0.2) is 42.9 Å². The van der Waals surface area contributed by atoms with E-state index in [1.807, 2.05) is 0 Å². The van der Waals surface area contributed by atoms with Gasteiger partial charge in [-0.15, -0.1) is 0 Å². The summed E-state index contributed by atoms with van der Waals surface area (Å²) >= 11 is 0. The second kappa shape index (κ2) is 7.06. The molecule has 0 atom stereocenters. The molecule has 0 saturated carbocycles. The van der Waals surface area contributed by atoms with Gasteiger partial charge in [-0.2, -0.15) is 0 Å². The van der Waals surface area contributed by atoms with Crippen LogP contribution in [0.2, 0.25) is 0 Å². The number of Topliss-reactive ketones (excluding diaryl/α,β-unsaturated/α-hetero) is 1. The first-order chi connectivity index (χ1) is 10.5. The molecule has 2 amide bonds. The smallest absolute Gasteiger partial charge is 0.409 e. The summed E-state index contributed by atoms with van der Waals surface area (Å²) in [7, 11) is 1.35. The number of ketones is 1. The minimum absolute atomic E-state index is 0.00643. The third-order valence-electron chi connectivity index (χ3n) is 3.86. The molecule has 1 fully saturated rings. The van der Waals surface area contributed by atoms with E-state index in [1.54, 1.807) is 29.2 Å². The zero-order chi connectivity index (χ0) is 16.1. The summed E-state index contributed by atoms with van der Waals surface area (Å²) in [5.41, 5.74) is 1.29. The van der Waals surface area contributed by atoms with Gasteiger partial charge in [0.15, 0.2) is 5.78 Å². The van der Waals surface area contributed by atoms with Crippen molar-refractivity contribution in [1.82, 2.24) is 4.90 Å². The Labute approximate surface area is 129 Å². The van der Waals surface area contributed by atoms with Crippen LogP contribution in [0.5, 0.6) is 0 Å². The predicted molar refractivity (Wildman–Crippen MR) is 81.8 cm³/mol. The van der Waals surface area contributed by atoms with Gasteiger partial charge in [-0.25, -0.2) is 4.79 Å². The van der Waals surface area contributed by atoms with E-state index in [0.29, 0.717) is 37.2 Å². The lowest BCUT2D eigenvalue weighted by Gasteiger charge is -2.30. The summed E-state index contributed by atoms with van der Waals surface area (Å²) < 4.78 is 4.67. The van der Waals surface area contributed by atoms with E-state index in [4.69, 9.17) is 0 Å². The van der Waals surface area contributed by atoms with E-state index < -0.39 is 0 Å². The highest BCUT2D eigenvalue weighted by Gasteiger charge is 2.27. The number of methoxy groups -OCH3 is 1. The maximum atomic E-state index is 12.2. The number of ether oxygens (including phenoxy) is 1. The molecule has 0 radical (unpaired) electrons. The number of carbonyl (C=O) groups excluding carboxylic acids is 3. The van der Waals surface area contributed by atoms with Gasteiger partial charge in [0.25, 0.3) is 0 Å². The molecular weight excluding hydrogens is 284 g/mol. The average Bonchev–Trinajstić information content (AvgIpc) is 2.54. The first-order valence-corrected chi connectivity index (χ1v) is 7.26. The van der Waals surface area contributed by atoms with E-state index in [-0.39, 0.29) is 23.7 Å². The average molecular weight is 304 g/mol. The molecule has 0 spiro atoms. The fourth-order valence-electron chi connectivity index (χ4n) is 2.49. The van der Waals surface area contributed by atoms with Crippen molar-refractivity contribution in [1.29, 1.82) is 0 Å². The highest BCUT2D eigenvalue weighted by Crippen LogP contribution is 2.20. The van der Waals surface area contributed by atoms with Crippen LogP contribution >= 0.6 is 0 Å². The van der Waals surface area contributed by atoms with Crippen molar-refractivity contribution >= 4 is 23.5 Å². The number of hydrogen-bond donors (Lipinski definition) is 1. The van der Waals surface area contributed by atoms with Crippen molar-refractivity contribution in [3.8, 4) is 0 Å². The number of benzene rings is 1. The van der Waals surface area contributed by atoms with Gasteiger partial charge in [-0.05, 0) is 44.0 Å². The molecule has 1 aromatic carbocycles. The molecule has 22 heavy (non-hydrogen) atoms. The number of hydrogen-bond acceptors (Lipinski definition) is 4. The molecule has 0 bridgehead atoms. The van der Waals surface area contributed by atoms with E-state index in [2.05, 4.69) is 10.1 Å². The summed E-state index contributed by atoms with van der Waals surface area (Å²) in [6, 6.07) is 6.83. The zero-order valence-corrected chi connectivity index (χ0v) is 12.8. The molecule has 1 saturated heterocycles. The Morgan fingerprint density at radius 2 is 1.73 bits per heavy atom. The summed E-state index contributed by atoms with van der Waals surface area (Å²) in [5, 5.41) is 2.85. The molecule has 1 aliphatic heterocycles. The third-order valence-corrected chi connectivity index (χ3v) is 3.86. The standard InChI is InChI=1S/C16H20N2O4/c1-11(19)12-3-5-14(6-4-12)17-15(20)13-7-9-18(10-8-13)16(21)22-2/h3-6,13H,7-10H2,1-2H3,(H,17,20). The Kier molecular flexibility index (Phi) is 5.14. The summed E-state index contributed by atoms with van der Waals surface area (Å²) in [5.74, 6) is -0.179. The van der Waals surface area contributed by atoms with Crippen LogP contribution in [0.4, 0.5) is 10.5 Å². The van der Waals surface area contributed by atoms with Crippen molar-refractivity contribution in [3.05, 3.63) is 29.8 Å². The fourth-order valence-corrected chi connectivity index (χ4v) is 2.49. The number of nitrogens with one attached hydrogen (secondary N) is 1. The third kappa shape index (κ3) is 3.84. The van der Waals surface area contributed by atoms with Crippen LogP contribution in [0.25, 0.3) is 0 Å². The Morgan fingerprint density at radius 1 is 1.14 bits per heavy atom. The van der Waals surface area contributed by atoms with Gasteiger partial charge >= 0.3 is 6.09 Å². The Hall–Kier alpha value is -2.37. The lowest BCUT2D eigenvalue weighted by molar-refractivity contribution is -0.121. The van der Waals surface area contributed by atoms with Crippen molar-refractivity contribution < 1.29 is 19.1 Å². The number of rotatable bonds is 3. The summed E-state index contributed by atoms with van der Waals surface area (Å²) in [4.78, 5) is 36.4. The first-order valence-electron chi connectivity index (χ1n) is 7.26. The monoisotopic (exact) mass is 304 g/mol. The predicted octanol–water partition coefficient (Wildman–Crippen LogP) is 2.31. The van der Waals surface area contributed by atoms with Crippen LogP contribution in [0.1, 0.15) is 30.1 Å². The topological polar surface area (TPSA) is 75.7 Å². The number of carbonyl (C=O) groups is 3. The lowest BCUT2D eigenvalue weighted by Crippen LogP contribution is -2.41. The summed E-state index contributed by atoms with van der Waals surface area (Å²) in [6.07, 6.45) is 0.887. The van der Waals surface area contributed by atoms with E-state index in [0.717, 1.165) is 0 Å².